The lowest BCUT2D eigenvalue weighted by atomic mass is 9.96. The first-order chi connectivity index (χ1) is 13.8. The monoisotopic (exact) mass is 415 g/mol. The number of imidazole rings is 1. The van der Waals surface area contributed by atoms with Crippen LogP contribution in [0.5, 0.6) is 0 Å². The summed E-state index contributed by atoms with van der Waals surface area (Å²) in [5.74, 6) is -0.0289. The van der Waals surface area contributed by atoms with E-state index < -0.39 is 23.5 Å². The zero-order valence-electron chi connectivity index (χ0n) is 16.2. The van der Waals surface area contributed by atoms with Gasteiger partial charge < -0.3 is 15.2 Å². The minimum absolute atomic E-state index is 0.140. The minimum atomic E-state index is -0.910. The number of nitrogens with zero attached hydrogens (tertiary/aromatic N) is 3. The van der Waals surface area contributed by atoms with Gasteiger partial charge in [0.25, 0.3) is 5.91 Å². The molecule has 2 atom stereocenters. The highest BCUT2D eigenvalue weighted by molar-refractivity contribution is 6.30. The minimum Gasteiger partial charge on any atom is -0.341 e. The normalized spacial score (nSPS) is 22.5. The van der Waals surface area contributed by atoms with E-state index in [9.17, 15) is 14.4 Å². The van der Waals surface area contributed by atoms with Crippen molar-refractivity contribution < 1.29 is 14.4 Å². The summed E-state index contributed by atoms with van der Waals surface area (Å²) in [4.78, 5) is 43.2. The molecule has 2 N–H and O–H groups in total. The number of hydrogen-bond donors (Lipinski definition) is 2. The molecule has 2 aliphatic rings. The fourth-order valence-corrected chi connectivity index (χ4v) is 3.88. The Morgan fingerprint density at radius 1 is 1.34 bits per heavy atom. The summed E-state index contributed by atoms with van der Waals surface area (Å²) >= 11 is 5.98. The molecule has 2 fully saturated rings. The van der Waals surface area contributed by atoms with Crippen LogP contribution in [-0.4, -0.2) is 44.4 Å². The van der Waals surface area contributed by atoms with E-state index in [2.05, 4.69) is 15.6 Å². The predicted octanol–water partition coefficient (Wildman–Crippen LogP) is 2.00. The van der Waals surface area contributed by atoms with Gasteiger partial charge in [0.15, 0.2) is 0 Å². The highest BCUT2D eigenvalue weighted by atomic mass is 35.5. The number of nitrogens with one attached hydrogen (secondary N) is 2. The number of amides is 4. The Morgan fingerprint density at radius 3 is 2.62 bits per heavy atom. The number of urea groups is 1. The molecule has 1 aromatic carbocycles. The molecule has 1 saturated heterocycles. The van der Waals surface area contributed by atoms with Crippen molar-refractivity contribution in [1.82, 2.24) is 25.1 Å². The van der Waals surface area contributed by atoms with Gasteiger partial charge in [0, 0.05) is 24.5 Å². The van der Waals surface area contributed by atoms with Crippen LogP contribution >= 0.6 is 11.6 Å². The Balaban J connectivity index is 1.53. The molecule has 1 aliphatic heterocycles. The molecule has 4 amide bonds. The SMILES string of the molecule is Cn1ccnc1C(NC(=O)CN1C(=O)NC(C)(C2CC2)C1=O)c1ccc(Cl)cc1. The first-order valence-electron chi connectivity index (χ1n) is 9.46. The maximum Gasteiger partial charge on any atom is 0.325 e. The fourth-order valence-electron chi connectivity index (χ4n) is 3.75. The largest absolute Gasteiger partial charge is 0.341 e. The van der Waals surface area contributed by atoms with Crippen LogP contribution in [0.4, 0.5) is 4.79 Å². The average Bonchev–Trinajstić information content (AvgIpc) is 3.42. The third-order valence-electron chi connectivity index (χ3n) is 5.62. The van der Waals surface area contributed by atoms with Crippen molar-refractivity contribution in [2.24, 2.45) is 13.0 Å². The summed E-state index contributed by atoms with van der Waals surface area (Å²) in [5.41, 5.74) is -0.121. The zero-order valence-corrected chi connectivity index (χ0v) is 16.9. The maximum absolute atomic E-state index is 12.8. The maximum atomic E-state index is 12.8. The lowest BCUT2D eigenvalue weighted by molar-refractivity contribution is -0.135. The molecule has 9 heteroatoms. The zero-order chi connectivity index (χ0) is 20.8. The number of rotatable bonds is 6. The number of halogens is 1. The van der Waals surface area contributed by atoms with Crippen LogP contribution in [0, 0.1) is 5.92 Å². The Hall–Kier alpha value is -2.87. The molecule has 8 nitrogen and oxygen atoms in total. The second kappa shape index (κ2) is 7.18. The van der Waals surface area contributed by atoms with Gasteiger partial charge in [-0.2, -0.15) is 0 Å². The van der Waals surface area contributed by atoms with E-state index in [4.69, 9.17) is 11.6 Å². The smallest absolute Gasteiger partial charge is 0.325 e. The Kier molecular flexibility index (Phi) is 4.82. The quantitative estimate of drug-likeness (QED) is 0.705. The number of carbonyl (C=O) groups is 3. The van der Waals surface area contributed by atoms with E-state index >= 15 is 0 Å². The van der Waals surface area contributed by atoms with Gasteiger partial charge in [0.2, 0.25) is 5.91 Å². The summed E-state index contributed by atoms with van der Waals surface area (Å²) in [7, 11) is 1.83. The van der Waals surface area contributed by atoms with Crippen LogP contribution in [0.3, 0.4) is 0 Å². The van der Waals surface area contributed by atoms with E-state index in [1.165, 1.54) is 0 Å². The summed E-state index contributed by atoms with van der Waals surface area (Å²) < 4.78 is 1.80. The number of imide groups is 1. The highest BCUT2D eigenvalue weighted by Crippen LogP contribution is 2.42. The Labute approximate surface area is 173 Å². The number of hydrogen-bond acceptors (Lipinski definition) is 4. The molecule has 2 unspecified atom stereocenters. The summed E-state index contributed by atoms with van der Waals surface area (Å²) in [6, 6.07) is 6.00. The third-order valence-corrected chi connectivity index (χ3v) is 5.87. The van der Waals surface area contributed by atoms with Gasteiger partial charge in [-0.3, -0.25) is 14.5 Å². The molecule has 0 radical (unpaired) electrons. The van der Waals surface area contributed by atoms with Crippen LogP contribution in [0.2, 0.25) is 5.02 Å². The van der Waals surface area contributed by atoms with Gasteiger partial charge in [0.05, 0.1) is 0 Å². The number of benzene rings is 1. The lowest BCUT2D eigenvalue weighted by Gasteiger charge is -2.22. The van der Waals surface area contributed by atoms with Gasteiger partial charge in [-0.05, 0) is 43.4 Å². The topological polar surface area (TPSA) is 96.3 Å². The van der Waals surface area contributed by atoms with Crippen LogP contribution in [0.25, 0.3) is 0 Å². The van der Waals surface area contributed by atoms with E-state index in [0.29, 0.717) is 10.8 Å². The Bertz CT molecular complexity index is 969. The standard InChI is InChI=1S/C20H22ClN5O3/c1-20(13-5-6-13)18(28)26(19(29)24-20)11-15(27)23-16(17-22-9-10-25(17)2)12-3-7-14(21)8-4-12/h3-4,7-10,13,16H,5-6,11H2,1-2H3,(H,23,27)(H,24,29). The number of aryl methyl sites for hydroxylation is 1. The molecule has 4 rings (SSSR count). The average molecular weight is 416 g/mol. The van der Waals surface area contributed by atoms with Gasteiger partial charge in [0.1, 0.15) is 23.9 Å². The lowest BCUT2D eigenvalue weighted by Crippen LogP contribution is -2.47. The van der Waals surface area contributed by atoms with Crippen molar-refractivity contribution in [3.05, 3.63) is 53.1 Å². The number of carbonyl (C=O) groups excluding carboxylic acids is 3. The summed E-state index contributed by atoms with van der Waals surface area (Å²) in [6.45, 7) is 1.38. The molecular formula is C20H22ClN5O3. The number of aromatic nitrogens is 2. The molecule has 1 aromatic heterocycles. The van der Waals surface area contributed by atoms with Crippen molar-refractivity contribution in [3.63, 3.8) is 0 Å². The predicted molar refractivity (Wildman–Crippen MR) is 106 cm³/mol. The fraction of sp³-hybridized carbons (Fsp3) is 0.400. The molecule has 1 aliphatic carbocycles. The second-order valence-electron chi connectivity index (χ2n) is 7.75. The Morgan fingerprint density at radius 2 is 2.03 bits per heavy atom. The summed E-state index contributed by atoms with van der Waals surface area (Å²) in [6.07, 6.45) is 5.23. The van der Waals surface area contributed by atoms with Crippen molar-refractivity contribution in [1.29, 1.82) is 0 Å². The van der Waals surface area contributed by atoms with Crippen molar-refractivity contribution in [3.8, 4) is 0 Å². The van der Waals surface area contributed by atoms with Crippen molar-refractivity contribution in [2.45, 2.75) is 31.3 Å². The first kappa shape index (κ1) is 19.4. The van der Waals surface area contributed by atoms with Crippen molar-refractivity contribution in [2.75, 3.05) is 6.54 Å². The molecule has 2 aromatic rings. The van der Waals surface area contributed by atoms with Gasteiger partial charge in [-0.25, -0.2) is 9.78 Å². The molecular weight excluding hydrogens is 394 g/mol. The second-order valence-corrected chi connectivity index (χ2v) is 8.18. The van der Waals surface area contributed by atoms with Gasteiger partial charge >= 0.3 is 6.03 Å². The van der Waals surface area contributed by atoms with Gasteiger partial charge in [-0.15, -0.1) is 0 Å². The van der Waals surface area contributed by atoms with E-state index in [1.54, 1.807) is 48.1 Å². The van der Waals surface area contributed by atoms with E-state index in [-0.39, 0.29) is 18.4 Å². The van der Waals surface area contributed by atoms with E-state index in [0.717, 1.165) is 23.3 Å². The van der Waals surface area contributed by atoms with Crippen LogP contribution in [-0.2, 0) is 16.6 Å². The van der Waals surface area contributed by atoms with Crippen molar-refractivity contribution >= 4 is 29.4 Å². The van der Waals surface area contributed by atoms with Gasteiger partial charge in [-0.1, -0.05) is 23.7 Å². The van der Waals surface area contributed by atoms with E-state index in [1.807, 2.05) is 7.05 Å². The molecule has 0 bridgehead atoms. The van der Waals surface area contributed by atoms with Crippen LogP contribution < -0.4 is 10.6 Å². The first-order valence-corrected chi connectivity index (χ1v) is 9.83. The van der Waals surface area contributed by atoms with Crippen LogP contribution in [0.1, 0.15) is 37.2 Å². The molecule has 0 spiro atoms. The third kappa shape index (κ3) is 3.60. The summed E-state index contributed by atoms with van der Waals surface area (Å²) in [5, 5.41) is 6.23. The highest BCUT2D eigenvalue weighted by Gasteiger charge is 2.56. The molecule has 2 heterocycles. The molecule has 152 valence electrons. The van der Waals surface area contributed by atoms with Crippen LogP contribution in [0.15, 0.2) is 36.7 Å². The molecule has 1 saturated carbocycles. The molecule has 29 heavy (non-hydrogen) atoms.